The molecule has 1 amide bonds. The van der Waals surface area contributed by atoms with Crippen LogP contribution in [0.1, 0.15) is 41.9 Å². The molecular weight excluding hydrogens is 320 g/mol. The topological polar surface area (TPSA) is 23.6 Å². The van der Waals surface area contributed by atoms with Crippen molar-refractivity contribution in [3.8, 4) is 0 Å². The first-order valence-electron chi connectivity index (χ1n) is 9.68. The quantitative estimate of drug-likeness (QED) is 0.838. The van der Waals surface area contributed by atoms with Crippen molar-refractivity contribution >= 4 is 5.91 Å². The van der Waals surface area contributed by atoms with E-state index in [2.05, 4.69) is 71.3 Å². The molecule has 26 heavy (non-hydrogen) atoms. The van der Waals surface area contributed by atoms with Crippen molar-refractivity contribution in [2.24, 2.45) is 0 Å². The summed E-state index contributed by atoms with van der Waals surface area (Å²) in [6.07, 6.45) is 2.76. The molecule has 2 aliphatic rings. The summed E-state index contributed by atoms with van der Waals surface area (Å²) in [6.45, 7) is 5.26. The van der Waals surface area contributed by atoms with Crippen molar-refractivity contribution in [3.05, 3.63) is 71.3 Å². The molecule has 0 unspecified atom stereocenters. The summed E-state index contributed by atoms with van der Waals surface area (Å²) in [5.41, 5.74) is 4.01. The van der Waals surface area contributed by atoms with E-state index in [1.807, 2.05) is 7.05 Å². The largest absolute Gasteiger partial charge is 0.339 e. The van der Waals surface area contributed by atoms with Gasteiger partial charge in [-0.2, -0.15) is 0 Å². The third kappa shape index (κ3) is 3.05. The maximum atomic E-state index is 12.6. The Morgan fingerprint density at radius 2 is 1.77 bits per heavy atom. The number of carbonyl (C=O) groups excluding carboxylic acids is 1. The normalized spacial score (nSPS) is 22.9. The number of piperidine rings is 1. The van der Waals surface area contributed by atoms with Crippen LogP contribution in [0.4, 0.5) is 0 Å². The molecule has 0 aliphatic carbocycles. The molecule has 2 heterocycles. The van der Waals surface area contributed by atoms with E-state index in [4.69, 9.17) is 0 Å². The van der Waals surface area contributed by atoms with E-state index in [0.717, 1.165) is 32.5 Å². The number of benzene rings is 2. The second-order valence-corrected chi connectivity index (χ2v) is 7.99. The summed E-state index contributed by atoms with van der Waals surface area (Å²) >= 11 is 0. The Labute approximate surface area is 156 Å². The highest BCUT2D eigenvalue weighted by Gasteiger charge is 2.52. The van der Waals surface area contributed by atoms with E-state index in [9.17, 15) is 4.79 Å². The maximum absolute atomic E-state index is 12.6. The molecule has 2 aromatic carbocycles. The molecule has 0 radical (unpaired) electrons. The van der Waals surface area contributed by atoms with Crippen molar-refractivity contribution in [1.29, 1.82) is 0 Å². The Balaban J connectivity index is 1.51. The van der Waals surface area contributed by atoms with Crippen molar-refractivity contribution in [2.45, 2.75) is 44.2 Å². The summed E-state index contributed by atoms with van der Waals surface area (Å²) in [7, 11) is 2.02. The predicted octanol–water partition coefficient (Wildman–Crippen LogP) is 3.98. The van der Waals surface area contributed by atoms with Gasteiger partial charge in [-0.25, -0.2) is 0 Å². The number of aryl methyl sites for hydroxylation is 1. The van der Waals surface area contributed by atoms with E-state index in [1.165, 1.54) is 16.7 Å². The Kier molecular flexibility index (Phi) is 4.58. The van der Waals surface area contributed by atoms with Crippen LogP contribution in [0.25, 0.3) is 0 Å². The molecule has 1 spiro atoms. The lowest BCUT2D eigenvalue weighted by Crippen LogP contribution is -2.53. The van der Waals surface area contributed by atoms with Gasteiger partial charge in [-0.15, -0.1) is 0 Å². The van der Waals surface area contributed by atoms with Crippen molar-refractivity contribution < 1.29 is 4.79 Å². The lowest BCUT2D eigenvalue weighted by molar-refractivity contribution is -0.130. The van der Waals surface area contributed by atoms with Crippen LogP contribution in [0.5, 0.6) is 0 Å². The molecule has 1 atom stereocenters. The zero-order valence-corrected chi connectivity index (χ0v) is 15.8. The Hall–Kier alpha value is -2.13. The molecule has 3 nitrogen and oxygen atoms in total. The average Bonchev–Trinajstić information content (AvgIpc) is 2.90. The zero-order valence-electron chi connectivity index (χ0n) is 15.8. The lowest BCUT2D eigenvalue weighted by atomic mass is 9.73. The van der Waals surface area contributed by atoms with Crippen LogP contribution < -0.4 is 0 Å². The molecule has 136 valence electrons. The van der Waals surface area contributed by atoms with Gasteiger partial charge in [-0.3, -0.25) is 9.69 Å². The van der Waals surface area contributed by atoms with Gasteiger partial charge in [0.15, 0.2) is 0 Å². The molecule has 2 fully saturated rings. The first-order valence-corrected chi connectivity index (χ1v) is 9.68. The van der Waals surface area contributed by atoms with Gasteiger partial charge < -0.3 is 4.90 Å². The third-order valence-corrected chi connectivity index (χ3v) is 6.48. The highest BCUT2D eigenvalue weighted by atomic mass is 16.2. The number of nitrogens with zero attached hydrogens (tertiary/aromatic N) is 2. The van der Waals surface area contributed by atoms with Crippen LogP contribution in [-0.4, -0.2) is 41.4 Å². The number of amides is 1. The van der Waals surface area contributed by atoms with Crippen LogP contribution in [0.2, 0.25) is 0 Å². The fraction of sp³-hybridized carbons (Fsp3) is 0.435. The molecule has 4 rings (SSSR count). The number of hydrogen-bond acceptors (Lipinski definition) is 2. The van der Waals surface area contributed by atoms with Gasteiger partial charge in [0, 0.05) is 39.0 Å². The number of carbonyl (C=O) groups is 1. The Morgan fingerprint density at radius 3 is 2.46 bits per heavy atom. The molecule has 0 bridgehead atoms. The van der Waals surface area contributed by atoms with Crippen molar-refractivity contribution in [3.63, 3.8) is 0 Å². The maximum Gasteiger partial charge on any atom is 0.223 e. The second-order valence-electron chi connectivity index (χ2n) is 7.99. The SMILES string of the molecule is Cc1cccc(CN2CCC3(CC2)[C@H](c2ccccc2)CC(=O)N3C)c1. The van der Waals surface area contributed by atoms with Crippen LogP contribution in [0.3, 0.4) is 0 Å². The van der Waals surface area contributed by atoms with E-state index in [-0.39, 0.29) is 5.54 Å². The highest BCUT2D eigenvalue weighted by Crippen LogP contribution is 2.48. The van der Waals surface area contributed by atoms with E-state index >= 15 is 0 Å². The minimum atomic E-state index is -0.0124. The molecular formula is C23H28N2O. The van der Waals surface area contributed by atoms with Crippen LogP contribution in [0.15, 0.2) is 54.6 Å². The van der Waals surface area contributed by atoms with Gasteiger partial charge in [-0.1, -0.05) is 60.2 Å². The molecule has 2 aromatic rings. The standard InChI is InChI=1S/C23H28N2O/c1-18-7-6-8-19(15-18)17-25-13-11-23(12-14-25)21(16-22(26)24(23)2)20-9-4-3-5-10-20/h3-10,15,21H,11-14,16-17H2,1-2H3/t21-/m0/s1. The van der Waals surface area contributed by atoms with Crippen LogP contribution in [-0.2, 0) is 11.3 Å². The first-order chi connectivity index (χ1) is 12.6. The summed E-state index contributed by atoms with van der Waals surface area (Å²) in [5.74, 6) is 0.619. The number of likely N-dealkylation sites (tertiary alicyclic amines) is 2. The molecule has 2 aliphatic heterocycles. The molecule has 0 aromatic heterocycles. The second kappa shape index (κ2) is 6.88. The summed E-state index contributed by atoms with van der Waals surface area (Å²) in [5, 5.41) is 0. The lowest BCUT2D eigenvalue weighted by Gasteiger charge is -2.47. The van der Waals surface area contributed by atoms with Gasteiger partial charge >= 0.3 is 0 Å². The third-order valence-electron chi connectivity index (χ3n) is 6.48. The number of rotatable bonds is 3. The smallest absolute Gasteiger partial charge is 0.223 e. The van der Waals surface area contributed by atoms with Crippen LogP contribution in [0, 0.1) is 6.92 Å². The van der Waals surface area contributed by atoms with Gasteiger partial charge in [-0.05, 0) is 30.9 Å². The van der Waals surface area contributed by atoms with Crippen LogP contribution >= 0.6 is 0 Å². The molecule has 3 heteroatoms. The summed E-state index contributed by atoms with van der Waals surface area (Å²) in [4.78, 5) is 17.2. The van der Waals surface area contributed by atoms with E-state index in [1.54, 1.807) is 0 Å². The Morgan fingerprint density at radius 1 is 1.04 bits per heavy atom. The summed E-state index contributed by atoms with van der Waals surface area (Å²) < 4.78 is 0. The first kappa shape index (κ1) is 17.3. The van der Waals surface area contributed by atoms with Crippen molar-refractivity contribution in [1.82, 2.24) is 9.80 Å². The van der Waals surface area contributed by atoms with E-state index < -0.39 is 0 Å². The molecule has 0 saturated carbocycles. The van der Waals surface area contributed by atoms with Gasteiger partial charge in [0.1, 0.15) is 0 Å². The van der Waals surface area contributed by atoms with Crippen molar-refractivity contribution in [2.75, 3.05) is 20.1 Å². The zero-order chi connectivity index (χ0) is 18.1. The minimum absolute atomic E-state index is 0.0124. The molecule has 0 N–H and O–H groups in total. The van der Waals surface area contributed by atoms with E-state index in [0.29, 0.717) is 18.2 Å². The summed E-state index contributed by atoms with van der Waals surface area (Å²) in [6, 6.07) is 19.4. The van der Waals surface area contributed by atoms with Gasteiger partial charge in [0.25, 0.3) is 0 Å². The highest BCUT2D eigenvalue weighted by molar-refractivity contribution is 5.81. The number of hydrogen-bond donors (Lipinski definition) is 0. The Bertz CT molecular complexity index is 778. The average molecular weight is 348 g/mol. The fourth-order valence-electron chi connectivity index (χ4n) is 4.95. The fourth-order valence-corrected chi connectivity index (χ4v) is 4.95. The number of likely N-dealkylation sites (N-methyl/N-ethyl adjacent to an activating group) is 1. The monoisotopic (exact) mass is 348 g/mol. The van der Waals surface area contributed by atoms with Gasteiger partial charge in [0.05, 0.1) is 5.54 Å². The van der Waals surface area contributed by atoms with Gasteiger partial charge in [0.2, 0.25) is 5.91 Å². The molecule has 2 saturated heterocycles. The predicted molar refractivity (Wildman–Crippen MR) is 105 cm³/mol. The minimum Gasteiger partial charge on any atom is -0.339 e.